The Balaban J connectivity index is 2.06. The first-order chi connectivity index (χ1) is 8.65. The highest BCUT2D eigenvalue weighted by atomic mass is 79.9. The number of fused-ring (bicyclic) bond motifs is 1. The molecule has 18 heavy (non-hydrogen) atoms. The maximum absolute atomic E-state index is 6.32. The molecule has 1 aromatic carbocycles. The normalized spacial score (nSPS) is 15.3. The highest BCUT2D eigenvalue weighted by Gasteiger charge is 2.23. The highest BCUT2D eigenvalue weighted by molar-refractivity contribution is 9.11. The van der Waals surface area contributed by atoms with Crippen LogP contribution in [0.4, 0.5) is 0 Å². The van der Waals surface area contributed by atoms with E-state index in [1.54, 1.807) is 11.3 Å². The van der Waals surface area contributed by atoms with Crippen LogP contribution in [0.5, 0.6) is 5.75 Å². The van der Waals surface area contributed by atoms with Gasteiger partial charge < -0.3 is 10.5 Å². The first kappa shape index (κ1) is 12.5. The lowest BCUT2D eigenvalue weighted by Gasteiger charge is -2.14. The average Bonchev–Trinajstić information content (AvgIpc) is 2.95. The van der Waals surface area contributed by atoms with Crippen molar-refractivity contribution < 1.29 is 4.74 Å². The van der Waals surface area contributed by atoms with Crippen molar-refractivity contribution in [2.75, 3.05) is 6.61 Å². The third-order valence-corrected chi connectivity index (χ3v) is 4.94. The van der Waals surface area contributed by atoms with Gasteiger partial charge in [0.15, 0.2) is 0 Å². The monoisotopic (exact) mass is 343 g/mol. The van der Waals surface area contributed by atoms with Crippen LogP contribution in [-0.2, 0) is 6.42 Å². The van der Waals surface area contributed by atoms with E-state index in [1.807, 2.05) is 24.3 Å². The van der Waals surface area contributed by atoms with E-state index < -0.39 is 0 Å². The van der Waals surface area contributed by atoms with Gasteiger partial charge in [0, 0.05) is 21.9 Å². The van der Waals surface area contributed by atoms with E-state index in [-0.39, 0.29) is 6.04 Å². The molecule has 1 aliphatic heterocycles. The fourth-order valence-electron chi connectivity index (χ4n) is 2.18. The zero-order chi connectivity index (χ0) is 12.7. The molecule has 0 saturated carbocycles. The van der Waals surface area contributed by atoms with Crippen molar-refractivity contribution in [3.05, 3.63) is 49.1 Å². The number of ether oxygens (including phenoxy) is 1. The first-order valence-electron chi connectivity index (χ1n) is 5.61. The van der Waals surface area contributed by atoms with Crippen LogP contribution in [0.15, 0.2) is 28.1 Å². The van der Waals surface area contributed by atoms with Gasteiger partial charge in [0.05, 0.1) is 16.4 Å². The van der Waals surface area contributed by atoms with E-state index in [4.69, 9.17) is 22.1 Å². The molecule has 2 N–H and O–H groups in total. The standard InChI is InChI=1S/C13H11BrClNOS/c14-11-2-1-10(18-11)12(16)9-6-8(15)5-7-3-4-17-13(7)9/h1-2,5-6,12H,3-4,16H2. The zero-order valence-corrected chi connectivity index (χ0v) is 12.6. The van der Waals surface area contributed by atoms with Crippen molar-refractivity contribution in [1.29, 1.82) is 0 Å². The van der Waals surface area contributed by atoms with Crippen molar-refractivity contribution in [2.45, 2.75) is 12.5 Å². The second-order valence-electron chi connectivity index (χ2n) is 4.20. The van der Waals surface area contributed by atoms with Crippen molar-refractivity contribution in [3.63, 3.8) is 0 Å². The van der Waals surface area contributed by atoms with Gasteiger partial charge in [0.25, 0.3) is 0 Å². The Labute approximate surface area is 123 Å². The number of hydrogen-bond acceptors (Lipinski definition) is 3. The molecule has 2 aromatic rings. The highest BCUT2D eigenvalue weighted by Crippen LogP contribution is 2.39. The molecule has 5 heteroatoms. The van der Waals surface area contributed by atoms with E-state index in [2.05, 4.69) is 15.9 Å². The summed E-state index contributed by atoms with van der Waals surface area (Å²) in [5.41, 5.74) is 8.45. The van der Waals surface area contributed by atoms with Crippen LogP contribution in [0.1, 0.15) is 22.0 Å². The lowest BCUT2D eigenvalue weighted by Crippen LogP contribution is -2.11. The first-order valence-corrected chi connectivity index (χ1v) is 7.60. The van der Waals surface area contributed by atoms with Gasteiger partial charge in [-0.1, -0.05) is 11.6 Å². The Morgan fingerprint density at radius 1 is 1.39 bits per heavy atom. The molecule has 0 aliphatic carbocycles. The summed E-state index contributed by atoms with van der Waals surface area (Å²) in [7, 11) is 0. The summed E-state index contributed by atoms with van der Waals surface area (Å²) < 4.78 is 6.76. The molecular weight excluding hydrogens is 334 g/mol. The number of nitrogens with two attached hydrogens (primary N) is 1. The molecule has 1 unspecified atom stereocenters. The van der Waals surface area contributed by atoms with Crippen molar-refractivity contribution >= 4 is 38.9 Å². The molecule has 0 spiro atoms. The molecule has 94 valence electrons. The average molecular weight is 345 g/mol. The summed E-state index contributed by atoms with van der Waals surface area (Å²) in [5.74, 6) is 0.913. The molecular formula is C13H11BrClNOS. The second kappa shape index (κ2) is 4.85. The maximum atomic E-state index is 6.32. The lowest BCUT2D eigenvalue weighted by molar-refractivity contribution is 0.352. The van der Waals surface area contributed by atoms with Gasteiger partial charge in [0.1, 0.15) is 5.75 Å². The summed E-state index contributed by atoms with van der Waals surface area (Å²) >= 11 is 11.2. The molecule has 3 rings (SSSR count). The molecule has 1 atom stereocenters. The van der Waals surface area contributed by atoms with Crippen LogP contribution >= 0.6 is 38.9 Å². The van der Waals surface area contributed by atoms with Gasteiger partial charge in [-0.3, -0.25) is 0 Å². The van der Waals surface area contributed by atoms with E-state index in [0.717, 1.165) is 37.0 Å². The van der Waals surface area contributed by atoms with E-state index in [0.29, 0.717) is 6.61 Å². The van der Waals surface area contributed by atoms with Crippen LogP contribution in [0.2, 0.25) is 5.02 Å². The van der Waals surface area contributed by atoms with Crippen LogP contribution in [0.3, 0.4) is 0 Å². The fraction of sp³-hybridized carbons (Fsp3) is 0.231. The molecule has 0 bridgehead atoms. The lowest BCUT2D eigenvalue weighted by atomic mass is 10.0. The SMILES string of the molecule is NC(c1ccc(Br)s1)c1cc(Cl)cc2c1OCC2. The van der Waals surface area contributed by atoms with E-state index >= 15 is 0 Å². The van der Waals surface area contributed by atoms with Gasteiger partial charge in [-0.25, -0.2) is 0 Å². The molecule has 0 fully saturated rings. The minimum atomic E-state index is -0.188. The van der Waals surface area contributed by atoms with Gasteiger partial charge in [-0.05, 0) is 45.8 Å². The number of rotatable bonds is 2. The molecule has 0 amide bonds. The summed E-state index contributed by atoms with van der Waals surface area (Å²) in [4.78, 5) is 1.10. The number of hydrogen-bond donors (Lipinski definition) is 1. The Morgan fingerprint density at radius 3 is 2.94 bits per heavy atom. The largest absolute Gasteiger partial charge is 0.493 e. The van der Waals surface area contributed by atoms with Gasteiger partial charge in [-0.2, -0.15) is 0 Å². The number of benzene rings is 1. The van der Waals surface area contributed by atoms with Gasteiger partial charge >= 0.3 is 0 Å². The molecule has 0 radical (unpaired) electrons. The smallest absolute Gasteiger partial charge is 0.127 e. The topological polar surface area (TPSA) is 35.2 Å². The van der Waals surface area contributed by atoms with Crippen LogP contribution in [0, 0.1) is 0 Å². The fourth-order valence-corrected chi connectivity index (χ4v) is 3.87. The third kappa shape index (κ3) is 2.18. The molecule has 2 nitrogen and oxygen atoms in total. The van der Waals surface area contributed by atoms with Crippen LogP contribution in [0.25, 0.3) is 0 Å². The minimum absolute atomic E-state index is 0.188. The third-order valence-electron chi connectivity index (χ3n) is 3.01. The summed E-state index contributed by atoms with van der Waals surface area (Å²) in [5, 5.41) is 0.723. The van der Waals surface area contributed by atoms with Crippen LogP contribution < -0.4 is 10.5 Å². The van der Waals surface area contributed by atoms with E-state index in [9.17, 15) is 0 Å². The number of thiophene rings is 1. The Morgan fingerprint density at radius 2 is 2.22 bits per heavy atom. The molecule has 1 aromatic heterocycles. The van der Waals surface area contributed by atoms with Crippen LogP contribution in [-0.4, -0.2) is 6.61 Å². The maximum Gasteiger partial charge on any atom is 0.127 e. The molecule has 0 saturated heterocycles. The Hall–Kier alpha value is -0.550. The minimum Gasteiger partial charge on any atom is -0.493 e. The molecule has 2 heterocycles. The Kier molecular flexibility index (Phi) is 3.36. The quantitative estimate of drug-likeness (QED) is 0.888. The zero-order valence-electron chi connectivity index (χ0n) is 9.45. The Bertz CT molecular complexity index is 599. The van der Waals surface area contributed by atoms with E-state index in [1.165, 1.54) is 0 Å². The summed E-state index contributed by atoms with van der Waals surface area (Å²) in [6.07, 6.45) is 0.906. The van der Waals surface area contributed by atoms with Crippen molar-refractivity contribution in [2.24, 2.45) is 5.73 Å². The second-order valence-corrected chi connectivity index (χ2v) is 7.13. The van der Waals surface area contributed by atoms with Gasteiger partial charge in [0.2, 0.25) is 0 Å². The van der Waals surface area contributed by atoms with Crippen molar-refractivity contribution in [3.8, 4) is 5.75 Å². The predicted octanol–water partition coefficient (Wildman–Crippen LogP) is 4.15. The number of halogens is 2. The predicted molar refractivity (Wildman–Crippen MR) is 78.7 cm³/mol. The summed E-state index contributed by atoms with van der Waals surface area (Å²) in [6.45, 7) is 0.712. The van der Waals surface area contributed by atoms with Crippen molar-refractivity contribution in [1.82, 2.24) is 0 Å². The molecule has 1 aliphatic rings. The summed E-state index contributed by atoms with van der Waals surface area (Å²) in [6, 6.07) is 7.72. The van der Waals surface area contributed by atoms with Gasteiger partial charge in [-0.15, -0.1) is 11.3 Å².